The van der Waals surface area contributed by atoms with E-state index in [2.05, 4.69) is 63.1 Å². The first kappa shape index (κ1) is 57.4. The largest absolute Gasteiger partial charge is 0.394 e. The van der Waals surface area contributed by atoms with E-state index in [0.29, 0.717) is 5.56 Å². The molecule has 0 unspecified atom stereocenters. The van der Waals surface area contributed by atoms with Crippen molar-refractivity contribution in [3.8, 4) is 0 Å². The molecule has 0 radical (unpaired) electrons. The highest BCUT2D eigenvalue weighted by atomic mass is 16.3. The summed E-state index contributed by atoms with van der Waals surface area (Å²) in [7, 11) is 0. The summed E-state index contributed by atoms with van der Waals surface area (Å²) in [5, 5.41) is 46.5. The van der Waals surface area contributed by atoms with Crippen LogP contribution in [0.25, 0.3) is 0 Å². The molecule has 1 aliphatic heterocycles. The number of benzene rings is 1. The number of anilines is 2. The third kappa shape index (κ3) is 18.9. The number of aromatic nitrogens is 2. The minimum absolute atomic E-state index is 0.0340. The van der Waals surface area contributed by atoms with Gasteiger partial charge >= 0.3 is 0 Å². The second-order valence-electron chi connectivity index (χ2n) is 17.1. The van der Waals surface area contributed by atoms with Crippen molar-refractivity contribution in [2.45, 2.75) is 121 Å². The lowest BCUT2D eigenvalue weighted by atomic mass is 10.00. The number of amides is 9. The van der Waals surface area contributed by atoms with E-state index in [1.165, 1.54) is 26.2 Å². The van der Waals surface area contributed by atoms with Crippen molar-refractivity contribution in [1.29, 1.82) is 0 Å². The molecule has 1 aliphatic rings. The monoisotopic (exact) mass is 984 g/mol. The molecular formula is C44H69N15O11. The maximum absolute atomic E-state index is 14.3. The van der Waals surface area contributed by atoms with Gasteiger partial charge in [-0.1, -0.05) is 44.2 Å². The highest BCUT2D eigenvalue weighted by Gasteiger charge is 2.36. The fourth-order valence-corrected chi connectivity index (χ4v) is 7.10. The van der Waals surface area contributed by atoms with Gasteiger partial charge in [0.1, 0.15) is 48.3 Å². The van der Waals surface area contributed by atoms with Crippen LogP contribution in [0.2, 0.25) is 0 Å². The van der Waals surface area contributed by atoms with E-state index in [-0.39, 0.29) is 82.3 Å². The highest BCUT2D eigenvalue weighted by molar-refractivity contribution is 5.98. The van der Waals surface area contributed by atoms with Crippen molar-refractivity contribution in [2.24, 2.45) is 23.1 Å². The van der Waals surface area contributed by atoms with Crippen molar-refractivity contribution in [1.82, 2.24) is 52.5 Å². The minimum atomic E-state index is -1.63. The number of nitrogens with zero attached hydrogens (tertiary/aromatic N) is 2. The lowest BCUT2D eigenvalue weighted by Crippen LogP contribution is -2.61. The molecule has 26 heteroatoms. The zero-order valence-electron chi connectivity index (χ0n) is 39.8. The van der Waals surface area contributed by atoms with Gasteiger partial charge in [0.2, 0.25) is 59.1 Å². The second-order valence-corrected chi connectivity index (χ2v) is 17.1. The van der Waals surface area contributed by atoms with Crippen molar-refractivity contribution in [2.75, 3.05) is 43.4 Å². The number of aliphatic hydroxyl groups is 2. The van der Waals surface area contributed by atoms with Gasteiger partial charge in [-0.2, -0.15) is 0 Å². The molecule has 0 saturated carbocycles. The van der Waals surface area contributed by atoms with E-state index in [1.54, 1.807) is 44.2 Å². The Morgan fingerprint density at radius 3 is 1.69 bits per heavy atom. The Morgan fingerprint density at radius 2 is 1.19 bits per heavy atom. The number of nitrogens with two attached hydrogens (primary N) is 3. The molecule has 1 aromatic heterocycles. The van der Waals surface area contributed by atoms with E-state index in [9.17, 15) is 53.4 Å². The third-order valence-electron chi connectivity index (χ3n) is 10.7. The van der Waals surface area contributed by atoms with Crippen molar-refractivity contribution < 1.29 is 53.4 Å². The van der Waals surface area contributed by atoms with Crippen LogP contribution in [-0.4, -0.2) is 161 Å². The molecule has 3 rings (SSSR count). The Balaban J connectivity index is 2.10. The standard InChI is InChI=1S/C44H69N15O11/c1-23(2)18-32-40(67)55-28(10-14-45)36(63)54-30(12-16-47)39(66)59-35(24(3)61)43(70)48-17-13-31(56-42(69)34(22-60)52-27-20-49-44(50-21-27)51-25(4)62)38(65)53-29(11-15-46)37(64)58-33(41(68)57-32)19-26-8-6-5-7-9-26/h5-9,20-21,23-24,28-35,52,60-61H,10-19,22,45-47H2,1-4H3,(H,48,70)(H,53,65)(H,54,63)(H,55,67)(H,56,69)(H,57,68)(H,58,64)(H,59,66)(H,49,50,51,62)/t24-,28+,29+,30+,31+,32+,33-,34-,35+/m1/s1. The fraction of sp³-hybridized carbons (Fsp3) is 0.568. The Kier molecular flexibility index (Phi) is 24.0. The molecule has 2 aromatic rings. The molecule has 2 heterocycles. The molecule has 0 spiro atoms. The lowest BCUT2D eigenvalue weighted by molar-refractivity contribution is -0.136. The van der Waals surface area contributed by atoms with Crippen LogP contribution in [0.5, 0.6) is 0 Å². The van der Waals surface area contributed by atoms with E-state index in [1.807, 2.05) is 0 Å². The van der Waals surface area contributed by atoms with E-state index in [0.717, 1.165) is 0 Å². The molecule has 70 heavy (non-hydrogen) atoms. The summed E-state index contributed by atoms with van der Waals surface area (Å²) in [6, 6.07) is -2.72. The molecule has 9 atom stereocenters. The molecule has 9 amide bonds. The predicted molar refractivity (Wildman–Crippen MR) is 254 cm³/mol. The quantitative estimate of drug-likeness (QED) is 0.0705. The average molecular weight is 984 g/mol. The van der Waals surface area contributed by atoms with Gasteiger partial charge in [-0.25, -0.2) is 9.97 Å². The van der Waals surface area contributed by atoms with E-state index in [4.69, 9.17) is 17.2 Å². The topological polar surface area (TPSA) is 418 Å². The van der Waals surface area contributed by atoms with Gasteiger partial charge in [0.25, 0.3) is 0 Å². The zero-order valence-corrected chi connectivity index (χ0v) is 39.8. The molecular weight excluding hydrogens is 915 g/mol. The Bertz CT molecular complexity index is 2080. The molecule has 18 N–H and O–H groups in total. The number of carbonyl (C=O) groups excluding carboxylic acids is 9. The number of rotatable bonds is 17. The van der Waals surface area contributed by atoms with Gasteiger partial charge in [-0.3, -0.25) is 48.5 Å². The van der Waals surface area contributed by atoms with Crippen molar-refractivity contribution >= 4 is 64.8 Å². The SMILES string of the molecule is CC(=O)Nc1ncc(N[C@H](CO)C(=O)N[C@H]2CCNC(=O)[C@H]([C@@H](C)O)NC(=O)[C@H](CCN)NC(=O)[C@H](CCN)NC(=O)[C@H](CC(C)C)NC(=O)[C@@H](Cc3ccccc3)NC(=O)[C@H](CCN)NC2=O)cn1. The van der Waals surface area contributed by atoms with Crippen LogP contribution < -0.4 is 70.4 Å². The fourth-order valence-electron chi connectivity index (χ4n) is 7.10. The van der Waals surface area contributed by atoms with Crippen LogP contribution in [0.3, 0.4) is 0 Å². The first-order valence-electron chi connectivity index (χ1n) is 23.0. The van der Waals surface area contributed by atoms with Gasteiger partial charge < -0.3 is 75.3 Å². The van der Waals surface area contributed by atoms with E-state index >= 15 is 0 Å². The molecule has 386 valence electrons. The smallest absolute Gasteiger partial charge is 0.245 e. The van der Waals surface area contributed by atoms with Gasteiger partial charge in [0.15, 0.2) is 0 Å². The molecule has 0 aliphatic carbocycles. The van der Waals surface area contributed by atoms with Gasteiger partial charge in [-0.15, -0.1) is 0 Å². The van der Waals surface area contributed by atoms with Gasteiger partial charge in [0.05, 0.1) is 30.8 Å². The number of nitrogens with one attached hydrogen (secondary N) is 10. The zero-order chi connectivity index (χ0) is 51.9. The summed E-state index contributed by atoms with van der Waals surface area (Å²) >= 11 is 0. The van der Waals surface area contributed by atoms with E-state index < -0.39 is 114 Å². The molecule has 0 bridgehead atoms. The van der Waals surface area contributed by atoms with Crippen LogP contribution in [0.15, 0.2) is 42.7 Å². The molecule has 1 saturated heterocycles. The van der Waals surface area contributed by atoms with Crippen LogP contribution in [0.4, 0.5) is 11.6 Å². The summed E-state index contributed by atoms with van der Waals surface area (Å²) in [4.78, 5) is 131. The van der Waals surface area contributed by atoms with Crippen LogP contribution in [0.1, 0.15) is 65.4 Å². The van der Waals surface area contributed by atoms with Crippen molar-refractivity contribution in [3.05, 3.63) is 48.3 Å². The number of carbonyl (C=O) groups is 9. The molecule has 1 fully saturated rings. The summed E-state index contributed by atoms with van der Waals surface area (Å²) in [6.07, 6.45) is 0.142. The van der Waals surface area contributed by atoms with Crippen molar-refractivity contribution in [3.63, 3.8) is 0 Å². The molecule has 26 nitrogen and oxygen atoms in total. The van der Waals surface area contributed by atoms with Crippen LogP contribution in [0, 0.1) is 5.92 Å². The maximum atomic E-state index is 14.3. The number of aliphatic hydroxyl groups excluding tert-OH is 2. The first-order valence-corrected chi connectivity index (χ1v) is 23.0. The van der Waals surface area contributed by atoms with Crippen LogP contribution >= 0.6 is 0 Å². The first-order chi connectivity index (χ1) is 33.3. The normalized spacial score (nSPS) is 23.5. The Labute approximate surface area is 405 Å². The Morgan fingerprint density at radius 1 is 0.700 bits per heavy atom. The third-order valence-corrected chi connectivity index (χ3v) is 10.7. The lowest BCUT2D eigenvalue weighted by Gasteiger charge is -2.28. The Hall–Kier alpha value is -6.87. The van der Waals surface area contributed by atoms with Gasteiger partial charge in [-0.05, 0) is 70.1 Å². The summed E-state index contributed by atoms with van der Waals surface area (Å²) < 4.78 is 0. The van der Waals surface area contributed by atoms with Crippen LogP contribution in [-0.2, 0) is 49.6 Å². The predicted octanol–water partition coefficient (Wildman–Crippen LogP) is -5.16. The number of hydrogen-bond acceptors (Lipinski definition) is 17. The maximum Gasteiger partial charge on any atom is 0.245 e. The summed E-state index contributed by atoms with van der Waals surface area (Å²) in [6.45, 7) is 4.52. The molecule has 1 aromatic carbocycles. The number of hydrogen-bond donors (Lipinski definition) is 15. The summed E-state index contributed by atoms with van der Waals surface area (Å²) in [5.41, 5.74) is 18.3. The van der Waals surface area contributed by atoms with Gasteiger partial charge in [0, 0.05) is 19.9 Å². The minimum Gasteiger partial charge on any atom is -0.394 e. The summed E-state index contributed by atoms with van der Waals surface area (Å²) in [5.74, 6) is -7.68. The average Bonchev–Trinajstić information content (AvgIpc) is 3.30. The second kappa shape index (κ2) is 29.2. The highest BCUT2D eigenvalue weighted by Crippen LogP contribution is 2.12.